The van der Waals surface area contributed by atoms with Crippen molar-refractivity contribution in [3.63, 3.8) is 0 Å². The zero-order valence-corrected chi connectivity index (χ0v) is 21.7. The van der Waals surface area contributed by atoms with E-state index in [0.29, 0.717) is 11.6 Å². The summed E-state index contributed by atoms with van der Waals surface area (Å²) in [6.45, 7) is 11.2. The molecule has 0 aromatic carbocycles. The lowest BCUT2D eigenvalue weighted by Crippen LogP contribution is -2.53. The second-order valence-corrected chi connectivity index (χ2v) is 10.4. The first-order chi connectivity index (χ1) is 16.9. The maximum absolute atomic E-state index is 12.5. The van der Waals surface area contributed by atoms with Gasteiger partial charge in [-0.1, -0.05) is 13.8 Å². The maximum atomic E-state index is 12.5. The summed E-state index contributed by atoms with van der Waals surface area (Å²) in [5, 5.41) is 4.52. The average molecular weight is 485 g/mol. The van der Waals surface area contributed by atoms with Crippen molar-refractivity contribution in [3.05, 3.63) is 30.1 Å². The highest BCUT2D eigenvalue weighted by molar-refractivity contribution is 5.99. The Kier molecular flexibility index (Phi) is 8.09. The normalized spacial score (nSPS) is 25.3. The standard InChI is InChI=1S/C16H21N5O.C9H14FN.C2H6/c1-11(2)21-8-5-14(19-21)12-9-13(15(17)18-10-12)16(22)20-6-3-4-7-20;10-8-4-11(5-8)9-2-6-1-7(6)3-9;1-2/h5,8-11H,3-4,6-7H2,1-2H3,(H2,17,18);6-9H,1-5H2;1-2H3. The molecule has 2 aromatic rings. The lowest BCUT2D eigenvalue weighted by atomic mass is 10.0. The van der Waals surface area contributed by atoms with Crippen LogP contribution in [0, 0.1) is 11.8 Å². The smallest absolute Gasteiger partial charge is 0.257 e. The summed E-state index contributed by atoms with van der Waals surface area (Å²) >= 11 is 0. The minimum absolute atomic E-state index is 0.0346. The highest BCUT2D eigenvalue weighted by Gasteiger charge is 2.49. The van der Waals surface area contributed by atoms with E-state index in [4.69, 9.17) is 5.73 Å². The molecule has 4 aliphatic rings. The molecule has 1 amide bonds. The number of aromatic nitrogens is 3. The molecule has 0 bridgehead atoms. The first-order valence-electron chi connectivity index (χ1n) is 13.4. The maximum Gasteiger partial charge on any atom is 0.257 e. The fourth-order valence-corrected chi connectivity index (χ4v) is 5.39. The van der Waals surface area contributed by atoms with Crippen LogP contribution in [0.25, 0.3) is 11.3 Å². The molecule has 2 unspecified atom stereocenters. The van der Waals surface area contributed by atoms with Crippen LogP contribution in [0.15, 0.2) is 24.5 Å². The van der Waals surface area contributed by atoms with Gasteiger partial charge < -0.3 is 10.6 Å². The third-order valence-electron chi connectivity index (χ3n) is 7.58. The van der Waals surface area contributed by atoms with Gasteiger partial charge in [0.2, 0.25) is 0 Å². The fourth-order valence-electron chi connectivity index (χ4n) is 5.39. The number of halogens is 1. The molecule has 2 saturated heterocycles. The largest absolute Gasteiger partial charge is 0.383 e. The highest BCUT2D eigenvalue weighted by Crippen LogP contribution is 2.53. The van der Waals surface area contributed by atoms with Crippen molar-refractivity contribution in [2.75, 3.05) is 31.9 Å². The number of nitrogens with two attached hydrogens (primary N) is 1. The number of alkyl halides is 1. The zero-order chi connectivity index (χ0) is 25.1. The molecule has 192 valence electrons. The molecule has 4 heterocycles. The first-order valence-corrected chi connectivity index (χ1v) is 13.4. The van der Waals surface area contributed by atoms with E-state index in [2.05, 4.69) is 28.8 Å². The predicted octanol–water partition coefficient (Wildman–Crippen LogP) is 4.81. The van der Waals surface area contributed by atoms with Gasteiger partial charge in [-0.3, -0.25) is 14.4 Å². The van der Waals surface area contributed by atoms with Crippen molar-refractivity contribution in [1.82, 2.24) is 24.6 Å². The number of likely N-dealkylation sites (tertiary alicyclic amines) is 2. The van der Waals surface area contributed by atoms with Gasteiger partial charge in [-0.2, -0.15) is 5.10 Å². The molecule has 2 aliphatic heterocycles. The van der Waals surface area contributed by atoms with Crippen LogP contribution < -0.4 is 5.73 Å². The van der Waals surface area contributed by atoms with Crippen molar-refractivity contribution in [3.8, 4) is 11.3 Å². The van der Waals surface area contributed by atoms with Gasteiger partial charge in [-0.15, -0.1) is 0 Å². The van der Waals surface area contributed by atoms with E-state index in [9.17, 15) is 9.18 Å². The van der Waals surface area contributed by atoms with E-state index in [-0.39, 0.29) is 11.7 Å². The molecule has 0 radical (unpaired) electrons. The number of carbonyl (C=O) groups is 1. The molecule has 4 fully saturated rings. The Morgan fingerprint density at radius 2 is 1.77 bits per heavy atom. The van der Waals surface area contributed by atoms with Gasteiger partial charge in [0, 0.05) is 56.2 Å². The van der Waals surface area contributed by atoms with Crippen molar-refractivity contribution < 1.29 is 9.18 Å². The van der Waals surface area contributed by atoms with E-state index in [1.165, 1.54) is 19.3 Å². The number of anilines is 1. The van der Waals surface area contributed by atoms with E-state index in [1.807, 2.05) is 35.7 Å². The summed E-state index contributed by atoms with van der Waals surface area (Å²) in [6, 6.07) is 4.79. The summed E-state index contributed by atoms with van der Waals surface area (Å²) in [7, 11) is 0. The number of nitrogen functional groups attached to an aromatic ring is 1. The molecule has 2 N–H and O–H groups in total. The monoisotopic (exact) mass is 484 g/mol. The van der Waals surface area contributed by atoms with Gasteiger partial charge in [0.25, 0.3) is 5.91 Å². The number of rotatable bonds is 4. The Morgan fingerprint density at radius 3 is 2.34 bits per heavy atom. The molecule has 35 heavy (non-hydrogen) atoms. The molecule has 7 nitrogen and oxygen atoms in total. The lowest BCUT2D eigenvalue weighted by molar-refractivity contribution is 0.0255. The van der Waals surface area contributed by atoms with Crippen LogP contribution in [0.4, 0.5) is 10.2 Å². The van der Waals surface area contributed by atoms with Crippen molar-refractivity contribution >= 4 is 11.7 Å². The van der Waals surface area contributed by atoms with Crippen LogP contribution in [-0.4, -0.2) is 68.9 Å². The summed E-state index contributed by atoms with van der Waals surface area (Å²) in [4.78, 5) is 20.9. The van der Waals surface area contributed by atoms with Crippen LogP contribution in [0.3, 0.4) is 0 Å². The van der Waals surface area contributed by atoms with Crippen molar-refractivity contribution in [1.29, 1.82) is 0 Å². The predicted molar refractivity (Wildman–Crippen MR) is 138 cm³/mol. The Hall–Kier alpha value is -2.48. The van der Waals surface area contributed by atoms with E-state index < -0.39 is 6.17 Å². The van der Waals surface area contributed by atoms with Gasteiger partial charge >= 0.3 is 0 Å². The third kappa shape index (κ3) is 5.85. The second-order valence-electron chi connectivity index (χ2n) is 10.4. The number of hydrogen-bond acceptors (Lipinski definition) is 5. The molecule has 2 saturated carbocycles. The van der Waals surface area contributed by atoms with Crippen LogP contribution in [-0.2, 0) is 0 Å². The molecule has 6 rings (SSSR count). The van der Waals surface area contributed by atoms with Gasteiger partial charge in [-0.25, -0.2) is 9.37 Å². The lowest BCUT2D eigenvalue weighted by Gasteiger charge is -2.39. The van der Waals surface area contributed by atoms with Gasteiger partial charge in [0.05, 0.1) is 11.3 Å². The van der Waals surface area contributed by atoms with Gasteiger partial charge in [0.15, 0.2) is 0 Å². The number of carbonyl (C=O) groups excluding carboxylic acids is 1. The van der Waals surface area contributed by atoms with E-state index in [1.54, 1.807) is 12.3 Å². The Bertz CT molecular complexity index is 985. The zero-order valence-electron chi connectivity index (χ0n) is 21.7. The van der Waals surface area contributed by atoms with E-state index in [0.717, 1.165) is 68.2 Å². The number of fused-ring (bicyclic) bond motifs is 1. The minimum Gasteiger partial charge on any atom is -0.383 e. The Morgan fingerprint density at radius 1 is 1.11 bits per heavy atom. The Labute approximate surface area is 208 Å². The molecule has 2 aromatic heterocycles. The molecule has 0 spiro atoms. The van der Waals surface area contributed by atoms with Crippen molar-refractivity contribution in [2.45, 2.75) is 78.1 Å². The molecule has 8 heteroatoms. The average Bonchev–Trinajstić information content (AvgIpc) is 3.32. The van der Waals surface area contributed by atoms with Crippen LogP contribution in [0.5, 0.6) is 0 Å². The second kappa shape index (κ2) is 11.1. The topological polar surface area (TPSA) is 80.3 Å². The number of nitrogens with zero attached hydrogens (tertiary/aromatic N) is 5. The van der Waals surface area contributed by atoms with Crippen LogP contribution in [0.2, 0.25) is 0 Å². The van der Waals surface area contributed by atoms with Gasteiger partial charge in [-0.05, 0) is 69.9 Å². The highest BCUT2D eigenvalue weighted by atomic mass is 19.1. The minimum atomic E-state index is -0.507. The number of hydrogen-bond donors (Lipinski definition) is 1. The number of pyridine rings is 1. The fraction of sp³-hybridized carbons (Fsp3) is 0.667. The molecule has 2 aliphatic carbocycles. The van der Waals surface area contributed by atoms with Crippen LogP contribution in [0.1, 0.15) is 76.2 Å². The quantitative estimate of drug-likeness (QED) is 0.674. The summed E-state index contributed by atoms with van der Waals surface area (Å²) < 4.78 is 14.4. The number of amides is 1. The molecular weight excluding hydrogens is 443 g/mol. The summed E-state index contributed by atoms with van der Waals surface area (Å²) in [5.41, 5.74) is 7.99. The SMILES string of the molecule is CC.CC(C)n1ccc(-c2cnc(N)c(C(=O)N3CCCC3)c2)n1.FC1CN(C2CC3CC3C2)C1. The van der Waals surface area contributed by atoms with Crippen molar-refractivity contribution in [2.24, 2.45) is 11.8 Å². The first kappa shape index (κ1) is 25.6. The Balaban J connectivity index is 0.000000184. The summed E-state index contributed by atoms with van der Waals surface area (Å²) in [6.07, 6.45) is 9.42. The van der Waals surface area contributed by atoms with E-state index >= 15 is 0 Å². The summed E-state index contributed by atoms with van der Waals surface area (Å²) in [5.74, 6) is 2.33. The van der Waals surface area contributed by atoms with Gasteiger partial charge in [0.1, 0.15) is 12.0 Å². The van der Waals surface area contributed by atoms with Crippen LogP contribution >= 0.6 is 0 Å². The molecule has 2 atom stereocenters. The third-order valence-corrected chi connectivity index (χ3v) is 7.58. The molecular formula is C27H41FN6O.